The van der Waals surface area contributed by atoms with E-state index in [1.807, 2.05) is 54.6 Å². The summed E-state index contributed by atoms with van der Waals surface area (Å²) in [5, 5.41) is 2.78. The Morgan fingerprint density at radius 3 is 2.09 bits per heavy atom. The third-order valence-electron chi connectivity index (χ3n) is 5.56. The minimum absolute atomic E-state index is 0.200. The van der Waals surface area contributed by atoms with Crippen LogP contribution >= 0.6 is 0 Å². The van der Waals surface area contributed by atoms with Crippen LogP contribution in [0.2, 0.25) is 0 Å². The van der Waals surface area contributed by atoms with Crippen LogP contribution in [0.5, 0.6) is 5.75 Å². The largest absolute Gasteiger partial charge is 0.494 e. The number of Topliss-reactive ketones (excluding diaryl/α,β-unsaturated/α-hetero) is 1. The second-order valence-electron chi connectivity index (χ2n) is 7.84. The normalized spacial score (nSPS) is 10.8. The molecule has 0 spiro atoms. The van der Waals surface area contributed by atoms with Crippen molar-refractivity contribution in [3.63, 3.8) is 0 Å². The van der Waals surface area contributed by atoms with E-state index in [-0.39, 0.29) is 18.1 Å². The molecule has 33 heavy (non-hydrogen) atoms. The monoisotopic (exact) mass is 444 g/mol. The molecule has 1 amide bonds. The van der Waals surface area contributed by atoms with Gasteiger partial charge in [-0.1, -0.05) is 68.4 Å². The molecule has 3 aromatic rings. The van der Waals surface area contributed by atoms with Crippen LogP contribution in [0.4, 0.5) is 5.69 Å². The van der Waals surface area contributed by atoms with Gasteiger partial charge in [0.15, 0.2) is 5.78 Å². The molecule has 0 radical (unpaired) electrons. The van der Waals surface area contributed by atoms with Crippen molar-refractivity contribution in [3.8, 4) is 16.9 Å². The summed E-state index contributed by atoms with van der Waals surface area (Å²) >= 11 is 0. The molecule has 3 rings (SSSR count). The fraction of sp³-hybridized carbons (Fsp3) is 0.286. The second-order valence-corrected chi connectivity index (χ2v) is 7.84. The summed E-state index contributed by atoms with van der Waals surface area (Å²) in [6.45, 7) is 8.09. The Labute approximate surface area is 196 Å². The van der Waals surface area contributed by atoms with Crippen molar-refractivity contribution >= 4 is 17.4 Å². The van der Waals surface area contributed by atoms with Crippen LogP contribution in [-0.4, -0.2) is 42.8 Å². The lowest BCUT2D eigenvalue weighted by Crippen LogP contribution is -2.25. The van der Waals surface area contributed by atoms with Crippen molar-refractivity contribution in [2.75, 3.05) is 31.6 Å². The van der Waals surface area contributed by atoms with Gasteiger partial charge >= 0.3 is 0 Å². The van der Waals surface area contributed by atoms with E-state index in [1.54, 1.807) is 24.3 Å². The number of nitrogens with one attached hydrogen (secondary N) is 1. The van der Waals surface area contributed by atoms with Gasteiger partial charge in [0.25, 0.3) is 0 Å². The van der Waals surface area contributed by atoms with Crippen molar-refractivity contribution in [2.45, 2.75) is 26.7 Å². The van der Waals surface area contributed by atoms with Gasteiger partial charge in [0.1, 0.15) is 5.75 Å². The Morgan fingerprint density at radius 1 is 0.818 bits per heavy atom. The van der Waals surface area contributed by atoms with Gasteiger partial charge < -0.3 is 15.0 Å². The first kappa shape index (κ1) is 24.2. The van der Waals surface area contributed by atoms with Gasteiger partial charge in [-0.15, -0.1) is 0 Å². The summed E-state index contributed by atoms with van der Waals surface area (Å²) in [5.74, 6) is 0.224. The fourth-order valence-electron chi connectivity index (χ4n) is 3.58. The van der Waals surface area contributed by atoms with Crippen LogP contribution in [-0.2, 0) is 4.79 Å². The smallest absolute Gasteiger partial charge is 0.232 e. The van der Waals surface area contributed by atoms with Crippen LogP contribution in [0.25, 0.3) is 11.1 Å². The van der Waals surface area contributed by atoms with Crippen molar-refractivity contribution < 1.29 is 14.3 Å². The highest BCUT2D eigenvalue weighted by Gasteiger charge is 2.12. The molecule has 0 saturated carbocycles. The Kier molecular flexibility index (Phi) is 9.21. The van der Waals surface area contributed by atoms with E-state index in [1.165, 1.54) is 0 Å². The molecule has 0 saturated heterocycles. The minimum Gasteiger partial charge on any atom is -0.494 e. The van der Waals surface area contributed by atoms with Crippen LogP contribution in [0, 0.1) is 0 Å². The van der Waals surface area contributed by atoms with E-state index in [0.29, 0.717) is 17.9 Å². The summed E-state index contributed by atoms with van der Waals surface area (Å²) in [6.07, 6.45) is 0.767. The zero-order valence-electron chi connectivity index (χ0n) is 19.4. The molecule has 0 bridgehead atoms. The highest BCUT2D eigenvalue weighted by Crippen LogP contribution is 2.20. The number of amides is 1. The average Bonchev–Trinajstić information content (AvgIpc) is 2.85. The van der Waals surface area contributed by atoms with Crippen molar-refractivity contribution in [1.29, 1.82) is 0 Å². The molecule has 0 aliphatic carbocycles. The Bertz CT molecular complexity index is 1010. The molecule has 0 unspecified atom stereocenters. The Balaban J connectivity index is 1.45. The molecule has 5 nitrogen and oxygen atoms in total. The van der Waals surface area contributed by atoms with Crippen molar-refractivity contribution in [1.82, 2.24) is 4.90 Å². The number of rotatable bonds is 12. The van der Waals surface area contributed by atoms with E-state index < -0.39 is 0 Å². The van der Waals surface area contributed by atoms with Crippen LogP contribution in [0.3, 0.4) is 0 Å². The lowest BCUT2D eigenvalue weighted by atomic mass is 10.0. The first-order valence-electron chi connectivity index (χ1n) is 11.5. The number of carbonyl (C=O) groups is 2. The third-order valence-corrected chi connectivity index (χ3v) is 5.56. The summed E-state index contributed by atoms with van der Waals surface area (Å²) in [7, 11) is 0. The number of carbonyl (C=O) groups excluding carboxylic acids is 2. The molecule has 0 fully saturated rings. The second kappa shape index (κ2) is 12.6. The number of hydrogen-bond acceptors (Lipinski definition) is 4. The lowest BCUT2D eigenvalue weighted by molar-refractivity contribution is -0.115. The first-order valence-corrected chi connectivity index (χ1v) is 11.5. The van der Waals surface area contributed by atoms with Gasteiger partial charge in [-0.25, -0.2) is 0 Å². The standard InChI is InChI=1S/C28H32N2O3/c1-3-30(4-2)19-8-20-33-26-17-15-25(16-18-26)29-28(32)21-27(31)24-13-11-23(12-14-24)22-9-6-5-7-10-22/h5-7,9-18H,3-4,8,19-21H2,1-2H3,(H,29,32). The highest BCUT2D eigenvalue weighted by atomic mass is 16.5. The van der Waals surface area contributed by atoms with E-state index in [2.05, 4.69) is 24.1 Å². The molecule has 3 aromatic carbocycles. The van der Waals surface area contributed by atoms with Gasteiger partial charge in [0.05, 0.1) is 13.0 Å². The van der Waals surface area contributed by atoms with Gasteiger partial charge in [-0.3, -0.25) is 9.59 Å². The van der Waals surface area contributed by atoms with Gasteiger partial charge in [0, 0.05) is 17.8 Å². The Morgan fingerprint density at radius 2 is 1.45 bits per heavy atom. The SMILES string of the molecule is CCN(CC)CCCOc1ccc(NC(=O)CC(=O)c2ccc(-c3ccccc3)cc2)cc1. The Hall–Kier alpha value is -3.44. The summed E-state index contributed by atoms with van der Waals surface area (Å²) in [5.41, 5.74) is 3.29. The van der Waals surface area contributed by atoms with Crippen molar-refractivity contribution in [3.05, 3.63) is 84.4 Å². The maximum atomic E-state index is 12.5. The predicted molar refractivity (Wildman–Crippen MR) is 134 cm³/mol. The molecule has 1 N–H and O–H groups in total. The zero-order valence-corrected chi connectivity index (χ0v) is 19.4. The summed E-state index contributed by atoms with van der Waals surface area (Å²) < 4.78 is 5.78. The summed E-state index contributed by atoms with van der Waals surface area (Å²) in [4.78, 5) is 27.2. The highest BCUT2D eigenvalue weighted by molar-refractivity contribution is 6.11. The predicted octanol–water partition coefficient (Wildman–Crippen LogP) is 5.68. The molecular weight excluding hydrogens is 412 g/mol. The fourth-order valence-corrected chi connectivity index (χ4v) is 3.58. The van der Waals surface area contributed by atoms with Crippen LogP contribution < -0.4 is 10.1 Å². The quantitative estimate of drug-likeness (QED) is 0.222. The molecule has 0 aromatic heterocycles. The molecular formula is C28H32N2O3. The lowest BCUT2D eigenvalue weighted by Gasteiger charge is -2.17. The third kappa shape index (κ3) is 7.58. The van der Waals surface area contributed by atoms with Gasteiger partial charge in [-0.05, 0) is 54.9 Å². The van der Waals surface area contributed by atoms with Gasteiger partial charge in [-0.2, -0.15) is 0 Å². The number of hydrogen-bond donors (Lipinski definition) is 1. The van der Waals surface area contributed by atoms with E-state index in [4.69, 9.17) is 4.74 Å². The first-order chi connectivity index (χ1) is 16.1. The molecule has 0 heterocycles. The average molecular weight is 445 g/mol. The zero-order chi connectivity index (χ0) is 23.5. The van der Waals surface area contributed by atoms with Crippen molar-refractivity contribution in [2.24, 2.45) is 0 Å². The van der Waals surface area contributed by atoms with Crippen LogP contribution in [0.1, 0.15) is 37.0 Å². The topological polar surface area (TPSA) is 58.6 Å². The minimum atomic E-state index is -0.333. The number of ether oxygens (including phenoxy) is 1. The summed E-state index contributed by atoms with van der Waals surface area (Å²) in [6, 6.07) is 24.5. The molecule has 5 heteroatoms. The molecule has 0 aliphatic heterocycles. The van der Waals surface area contributed by atoms with E-state index >= 15 is 0 Å². The van der Waals surface area contributed by atoms with Crippen LogP contribution in [0.15, 0.2) is 78.9 Å². The van der Waals surface area contributed by atoms with E-state index in [0.717, 1.165) is 42.9 Å². The number of benzene rings is 3. The molecule has 0 atom stereocenters. The maximum Gasteiger partial charge on any atom is 0.232 e. The molecule has 172 valence electrons. The number of ketones is 1. The number of anilines is 1. The number of nitrogens with zero attached hydrogens (tertiary/aromatic N) is 1. The maximum absolute atomic E-state index is 12.5. The van der Waals surface area contributed by atoms with E-state index in [9.17, 15) is 9.59 Å². The molecule has 0 aliphatic rings. The van der Waals surface area contributed by atoms with Gasteiger partial charge in [0.2, 0.25) is 5.91 Å².